The molecule has 0 spiro atoms. The number of hydrogen-bond donors (Lipinski definition) is 1. The van der Waals surface area contributed by atoms with Crippen LogP contribution in [0.25, 0.3) is 0 Å². The van der Waals surface area contributed by atoms with Gasteiger partial charge in [0.1, 0.15) is 6.04 Å². The maximum Gasteiger partial charge on any atom is 0.239 e. The van der Waals surface area contributed by atoms with Crippen molar-refractivity contribution in [1.82, 2.24) is 15.1 Å². The van der Waals surface area contributed by atoms with Crippen LogP contribution in [0, 0.1) is 0 Å². The molecule has 142 valence electrons. The third-order valence-electron chi connectivity index (χ3n) is 5.91. The van der Waals surface area contributed by atoms with Gasteiger partial charge in [-0.25, -0.2) is 0 Å². The minimum atomic E-state index is -0.375. The van der Waals surface area contributed by atoms with Crippen LogP contribution < -0.4 is 10.6 Å². The first-order valence-corrected chi connectivity index (χ1v) is 9.66. The van der Waals surface area contributed by atoms with E-state index in [-0.39, 0.29) is 17.4 Å². The molecule has 0 bridgehead atoms. The first kappa shape index (κ1) is 17.9. The third kappa shape index (κ3) is 3.41. The lowest BCUT2D eigenvalue weighted by molar-refractivity contribution is -0.123. The van der Waals surface area contributed by atoms with Crippen molar-refractivity contribution in [2.75, 3.05) is 31.1 Å². The quantitative estimate of drug-likeness (QED) is 0.897. The highest BCUT2D eigenvalue weighted by Gasteiger charge is 2.33. The van der Waals surface area contributed by atoms with E-state index in [9.17, 15) is 4.79 Å². The Hall–Kier alpha value is -2.47. The Bertz CT molecular complexity index is 828. The summed E-state index contributed by atoms with van der Waals surface area (Å²) in [5, 5.41) is 9.04. The highest BCUT2D eigenvalue weighted by molar-refractivity contribution is 5.81. The zero-order valence-electron chi connectivity index (χ0n) is 16.1. The number of amides is 1. The molecule has 1 aromatic carbocycles. The lowest BCUT2D eigenvalue weighted by atomic mass is 9.91. The van der Waals surface area contributed by atoms with E-state index in [4.69, 9.17) is 5.73 Å². The molecule has 6 heteroatoms. The van der Waals surface area contributed by atoms with Crippen LogP contribution in [0.4, 0.5) is 5.82 Å². The summed E-state index contributed by atoms with van der Waals surface area (Å²) in [6.45, 7) is 7.64. The van der Waals surface area contributed by atoms with Gasteiger partial charge in [-0.3, -0.25) is 9.69 Å². The molecule has 1 unspecified atom stereocenters. The van der Waals surface area contributed by atoms with Gasteiger partial charge in [-0.1, -0.05) is 44.2 Å². The molecule has 1 aromatic heterocycles. The number of hydrogen-bond acceptors (Lipinski definition) is 5. The summed E-state index contributed by atoms with van der Waals surface area (Å²) in [6, 6.07) is 11.6. The summed E-state index contributed by atoms with van der Waals surface area (Å²) in [5.74, 6) is 0.649. The summed E-state index contributed by atoms with van der Waals surface area (Å²) in [4.78, 5) is 16.5. The molecule has 1 fully saturated rings. The highest BCUT2D eigenvalue weighted by Crippen LogP contribution is 2.37. The molecule has 1 saturated heterocycles. The normalized spacial score (nSPS) is 20.3. The van der Waals surface area contributed by atoms with Gasteiger partial charge in [0, 0.05) is 31.6 Å². The van der Waals surface area contributed by atoms with E-state index in [0.717, 1.165) is 56.1 Å². The van der Waals surface area contributed by atoms with Gasteiger partial charge in [0.05, 0.1) is 5.69 Å². The fraction of sp³-hybridized carbons (Fsp3) is 0.476. The van der Waals surface area contributed by atoms with Crippen molar-refractivity contribution in [2.24, 2.45) is 5.73 Å². The second-order valence-electron chi connectivity index (χ2n) is 8.20. The van der Waals surface area contributed by atoms with Crippen molar-refractivity contribution in [3.63, 3.8) is 0 Å². The molecule has 1 aliphatic heterocycles. The minimum absolute atomic E-state index is 0.129. The smallest absolute Gasteiger partial charge is 0.239 e. The molecule has 1 atom stereocenters. The van der Waals surface area contributed by atoms with Crippen molar-refractivity contribution in [1.29, 1.82) is 0 Å². The summed E-state index contributed by atoms with van der Waals surface area (Å²) < 4.78 is 0. The number of benzene rings is 1. The molecule has 27 heavy (non-hydrogen) atoms. The number of aromatic nitrogens is 2. The minimum Gasteiger partial charge on any atom is -0.368 e. The lowest BCUT2D eigenvalue weighted by Crippen LogP contribution is -2.50. The molecule has 6 nitrogen and oxygen atoms in total. The van der Waals surface area contributed by atoms with Gasteiger partial charge in [0.15, 0.2) is 5.82 Å². The SMILES string of the molecule is CC1(C)CCc2cc(N3CCN(C(C(N)=O)c4ccccc4)CC3)nnc21. The van der Waals surface area contributed by atoms with Crippen molar-refractivity contribution >= 4 is 11.7 Å². The molecular weight excluding hydrogens is 338 g/mol. The summed E-state index contributed by atoms with van der Waals surface area (Å²) in [7, 11) is 0. The second-order valence-corrected chi connectivity index (χ2v) is 8.20. The van der Waals surface area contributed by atoms with Crippen LogP contribution in [0.2, 0.25) is 0 Å². The van der Waals surface area contributed by atoms with Gasteiger partial charge in [-0.05, 0) is 30.0 Å². The summed E-state index contributed by atoms with van der Waals surface area (Å²) >= 11 is 0. The number of carbonyl (C=O) groups excluding carboxylic acids is 1. The van der Waals surface area contributed by atoms with Crippen molar-refractivity contribution in [3.8, 4) is 0 Å². The van der Waals surface area contributed by atoms with Crippen molar-refractivity contribution < 1.29 is 4.79 Å². The van der Waals surface area contributed by atoms with E-state index in [0.29, 0.717) is 0 Å². The Morgan fingerprint density at radius 1 is 1.11 bits per heavy atom. The Labute approximate surface area is 160 Å². The van der Waals surface area contributed by atoms with Crippen LogP contribution in [0.3, 0.4) is 0 Å². The number of nitrogens with two attached hydrogens (primary N) is 1. The first-order chi connectivity index (χ1) is 13.0. The zero-order valence-corrected chi connectivity index (χ0v) is 16.1. The van der Waals surface area contributed by atoms with E-state index in [1.165, 1.54) is 5.56 Å². The topological polar surface area (TPSA) is 75.3 Å². The predicted octanol–water partition coefficient (Wildman–Crippen LogP) is 2.05. The molecule has 1 aliphatic carbocycles. The van der Waals surface area contributed by atoms with Crippen LogP contribution >= 0.6 is 0 Å². The largest absolute Gasteiger partial charge is 0.368 e. The van der Waals surface area contributed by atoms with Gasteiger partial charge < -0.3 is 10.6 Å². The van der Waals surface area contributed by atoms with Crippen LogP contribution in [0.1, 0.15) is 43.1 Å². The zero-order chi connectivity index (χ0) is 19.0. The number of anilines is 1. The third-order valence-corrected chi connectivity index (χ3v) is 5.91. The van der Waals surface area contributed by atoms with Crippen LogP contribution in [0.15, 0.2) is 36.4 Å². The molecule has 2 aromatic rings. The van der Waals surface area contributed by atoms with E-state index < -0.39 is 0 Å². The Kier molecular flexibility index (Phi) is 4.60. The maximum absolute atomic E-state index is 12.1. The van der Waals surface area contributed by atoms with Crippen molar-refractivity contribution in [3.05, 3.63) is 53.2 Å². The van der Waals surface area contributed by atoms with E-state index in [1.54, 1.807) is 0 Å². The van der Waals surface area contributed by atoms with Gasteiger partial charge in [0.25, 0.3) is 0 Å². The fourth-order valence-electron chi connectivity index (χ4n) is 4.30. The molecule has 0 radical (unpaired) electrons. The Balaban J connectivity index is 1.47. The fourth-order valence-corrected chi connectivity index (χ4v) is 4.30. The molecule has 2 aliphatic rings. The molecule has 1 amide bonds. The van der Waals surface area contributed by atoms with Gasteiger partial charge in [-0.15, -0.1) is 5.10 Å². The second kappa shape index (κ2) is 6.93. The van der Waals surface area contributed by atoms with Gasteiger partial charge in [-0.2, -0.15) is 5.10 Å². The van der Waals surface area contributed by atoms with Gasteiger partial charge in [0.2, 0.25) is 5.91 Å². The van der Waals surface area contributed by atoms with E-state index >= 15 is 0 Å². The molecule has 4 rings (SSSR count). The maximum atomic E-state index is 12.1. The standard InChI is InChI=1S/C21H27N5O/c1-21(2)9-8-16-14-17(23-24-19(16)21)25-10-12-26(13-11-25)18(20(22)27)15-6-4-3-5-7-15/h3-7,14,18H,8-13H2,1-2H3,(H2,22,27). The van der Waals surface area contributed by atoms with Crippen molar-refractivity contribution in [2.45, 2.75) is 38.1 Å². The summed E-state index contributed by atoms with van der Waals surface area (Å²) in [6.07, 6.45) is 2.20. The Morgan fingerprint density at radius 2 is 1.81 bits per heavy atom. The number of piperazine rings is 1. The van der Waals surface area contributed by atoms with Gasteiger partial charge >= 0.3 is 0 Å². The van der Waals surface area contributed by atoms with Crippen LogP contribution in [0.5, 0.6) is 0 Å². The van der Waals surface area contributed by atoms with E-state index in [1.807, 2.05) is 30.3 Å². The predicted molar refractivity (Wildman–Crippen MR) is 106 cm³/mol. The number of rotatable bonds is 4. The number of primary amides is 1. The lowest BCUT2D eigenvalue weighted by Gasteiger charge is -2.38. The van der Waals surface area contributed by atoms with Crippen LogP contribution in [-0.4, -0.2) is 47.2 Å². The number of fused-ring (bicyclic) bond motifs is 1. The van der Waals surface area contributed by atoms with Crippen LogP contribution in [-0.2, 0) is 16.6 Å². The molecule has 2 heterocycles. The molecular formula is C21H27N5O. The Morgan fingerprint density at radius 3 is 2.48 bits per heavy atom. The molecule has 2 N–H and O–H groups in total. The average Bonchev–Trinajstić information content (AvgIpc) is 2.97. The number of nitrogens with zero attached hydrogens (tertiary/aromatic N) is 4. The monoisotopic (exact) mass is 365 g/mol. The first-order valence-electron chi connectivity index (χ1n) is 9.66. The number of aryl methyl sites for hydroxylation is 1. The van der Waals surface area contributed by atoms with E-state index in [2.05, 4.69) is 39.9 Å². The summed E-state index contributed by atoms with van der Waals surface area (Å²) in [5.41, 5.74) is 9.27. The molecule has 0 saturated carbocycles. The number of carbonyl (C=O) groups is 1. The average molecular weight is 365 g/mol. The highest BCUT2D eigenvalue weighted by atomic mass is 16.1.